The molecule has 17 unspecified atom stereocenters. The number of benzene rings is 6. The van der Waals surface area contributed by atoms with Crippen molar-refractivity contribution in [2.24, 2.45) is 53.3 Å². The molecule has 17 atom stereocenters. The maximum absolute atomic E-state index is 6.53. The summed E-state index contributed by atoms with van der Waals surface area (Å²) in [4.78, 5) is 0. The van der Waals surface area contributed by atoms with Crippen molar-refractivity contribution in [3.8, 4) is 0 Å². The molecule has 6 saturated carbocycles. The van der Waals surface area contributed by atoms with Gasteiger partial charge in [-0.25, -0.2) is 0 Å². The van der Waals surface area contributed by atoms with Crippen LogP contribution < -0.4 is 56.6 Å². The van der Waals surface area contributed by atoms with E-state index in [1.54, 1.807) is 85.6 Å². The Labute approximate surface area is 674 Å². The summed E-state index contributed by atoms with van der Waals surface area (Å²) in [6, 6.07) is 58.1. The molecule has 10 aliphatic rings. The molecule has 534 valence electrons. The average Bonchev–Trinajstić information content (AvgIpc) is 1.60. The van der Waals surface area contributed by atoms with Gasteiger partial charge in [0.05, 0.1) is 24.2 Å². The van der Waals surface area contributed by atoms with E-state index < -0.39 is 31.6 Å². The van der Waals surface area contributed by atoms with E-state index in [0.29, 0.717) is 22.5 Å². The number of hydrogen-bond acceptors (Lipinski definition) is 0. The molecule has 6 fully saturated rings. The minimum atomic E-state index is -1.71. The second kappa shape index (κ2) is 36.4. The summed E-state index contributed by atoms with van der Waals surface area (Å²) in [5, 5.41) is 0. The minimum absolute atomic E-state index is 0. The topological polar surface area (TPSA) is 0 Å². The SMILES string of the molecule is CC(CC1CC([Si](C)(C)C2CC(C)C3CCCCC32)C2CCCCC12)c1ccccc1.CC1=CC([Si](C)(C)C)c2ccccc21.CC1=CC([Si](C)(C)C2C=C(CC(C)c3ccccc3)c3ccccc32)c2ccccc21.CC1=CC([Si](C)(C)Cl)c2ccccc21.CC1CCC2CCCCC12.[Li+].[Li+].[Li+]. The third kappa shape index (κ3) is 18.8. The predicted octanol–water partition coefficient (Wildman–Crippen LogP) is 20.1. The zero-order valence-corrected chi connectivity index (χ0v) is 73.0. The molecule has 8 heteroatoms. The molecule has 6 aromatic carbocycles. The van der Waals surface area contributed by atoms with Crippen LogP contribution in [0.1, 0.15) is 254 Å². The molecule has 0 radical (unpaired) electrons. The fraction of sp³-hybridized carbons (Fsp3) is 0.537. The van der Waals surface area contributed by atoms with E-state index >= 15 is 0 Å². The average molecular weight is 1440 g/mol. The summed E-state index contributed by atoms with van der Waals surface area (Å²) >= 11 is 6.53. The van der Waals surface area contributed by atoms with Gasteiger partial charge in [-0.1, -0.05) is 333 Å². The van der Waals surface area contributed by atoms with E-state index in [-0.39, 0.29) is 56.6 Å². The van der Waals surface area contributed by atoms with Crippen molar-refractivity contribution in [3.05, 3.63) is 238 Å². The summed E-state index contributed by atoms with van der Waals surface area (Å²) in [6.07, 6.45) is 37.3. The van der Waals surface area contributed by atoms with Crippen molar-refractivity contribution in [2.45, 2.75) is 268 Å². The third-order valence-corrected chi connectivity index (χ3v) is 42.8. The van der Waals surface area contributed by atoms with Gasteiger partial charge in [0.2, 0.25) is 0 Å². The molecule has 0 bridgehead atoms. The van der Waals surface area contributed by atoms with E-state index in [1.165, 1.54) is 101 Å². The molecule has 0 spiro atoms. The Morgan fingerprint density at radius 1 is 0.369 bits per heavy atom. The van der Waals surface area contributed by atoms with E-state index in [1.807, 2.05) is 0 Å². The molecule has 0 aromatic heterocycles. The van der Waals surface area contributed by atoms with Crippen LogP contribution in [0.4, 0.5) is 0 Å². The van der Waals surface area contributed by atoms with Crippen molar-refractivity contribution in [3.63, 3.8) is 0 Å². The van der Waals surface area contributed by atoms with Crippen molar-refractivity contribution < 1.29 is 56.6 Å². The molecule has 0 nitrogen and oxygen atoms in total. The minimum Gasteiger partial charge on any atom is -0.167 e. The molecule has 0 saturated heterocycles. The number of halogens is 1. The fourth-order valence-corrected chi connectivity index (χ4v) is 36.4. The van der Waals surface area contributed by atoms with Gasteiger partial charge in [0.1, 0.15) is 0 Å². The normalized spacial score (nSPS) is 28.9. The van der Waals surface area contributed by atoms with Crippen LogP contribution in [0.2, 0.25) is 70.0 Å². The summed E-state index contributed by atoms with van der Waals surface area (Å²) < 4.78 is 0. The van der Waals surface area contributed by atoms with Crippen LogP contribution in [0.25, 0.3) is 22.3 Å². The quantitative estimate of drug-likeness (QED) is 0.0846. The van der Waals surface area contributed by atoms with E-state index in [4.69, 9.17) is 11.1 Å². The summed E-state index contributed by atoms with van der Waals surface area (Å²) in [6.45, 7) is 39.4. The predicted molar refractivity (Wildman–Crippen MR) is 450 cm³/mol. The zero-order chi connectivity index (χ0) is 70.8. The second-order valence-electron chi connectivity index (χ2n) is 37.0. The Kier molecular flexibility index (Phi) is 29.8. The Hall–Kier alpha value is -2.77. The van der Waals surface area contributed by atoms with E-state index in [9.17, 15) is 0 Å². The maximum Gasteiger partial charge on any atom is 1.00 e. The zero-order valence-electron chi connectivity index (χ0n) is 68.2. The molecule has 0 aliphatic heterocycles. The first-order valence-electron chi connectivity index (χ1n) is 40.7. The van der Waals surface area contributed by atoms with Gasteiger partial charge in [-0.05, 0) is 243 Å². The van der Waals surface area contributed by atoms with Gasteiger partial charge in [0, 0.05) is 5.54 Å². The van der Waals surface area contributed by atoms with Gasteiger partial charge in [0.25, 0.3) is 0 Å². The Balaban J connectivity index is 0.000000158. The molecule has 6 aromatic rings. The number of fused-ring (bicyclic) bond motifs is 7. The van der Waals surface area contributed by atoms with Gasteiger partial charge in [-0.2, -0.15) is 11.1 Å². The largest absolute Gasteiger partial charge is 1.00 e. The van der Waals surface area contributed by atoms with Crippen molar-refractivity contribution in [1.29, 1.82) is 0 Å². The van der Waals surface area contributed by atoms with Gasteiger partial charge >= 0.3 is 56.6 Å². The number of allylic oxidation sites excluding steroid dienone is 8. The number of hydrogen-bond donors (Lipinski definition) is 0. The first-order chi connectivity index (χ1) is 47.8. The van der Waals surface area contributed by atoms with Crippen LogP contribution in [-0.2, 0) is 0 Å². The molecule has 103 heavy (non-hydrogen) atoms. The van der Waals surface area contributed by atoms with Gasteiger partial charge in [-0.15, -0.1) is 0 Å². The van der Waals surface area contributed by atoms with Crippen molar-refractivity contribution >= 4 is 65.0 Å². The molecular formula is C95H131ClLi3Si4+3. The van der Waals surface area contributed by atoms with Gasteiger partial charge < -0.3 is 0 Å². The molecule has 0 amide bonds. The van der Waals surface area contributed by atoms with Crippen LogP contribution in [0.5, 0.6) is 0 Å². The Morgan fingerprint density at radius 2 is 0.757 bits per heavy atom. The van der Waals surface area contributed by atoms with E-state index in [0.717, 1.165) is 82.2 Å². The molecule has 0 heterocycles. The molecular weight excluding hydrogens is 1310 g/mol. The summed E-state index contributed by atoms with van der Waals surface area (Å²) in [7, 11) is -5.69. The standard InChI is InChI=1S/C30H48Si.C30H32Si.C13H18Si.C12H15ClSi.C10H18.3Li/c2*1-21(23-12-6-5-7-13-23)18-24-20-30(28-17-11-9-15-26(24)28)31(3,4)29-19-22(2)25-14-8-10-16-27(25)29;1-10-9-13(14(2,3)4)12-8-6-5-7-11(10)12;1-9-8-12(14(2,3)13)11-7-5-4-6-10(9)11;1-8-6-7-9-4-2-3-5-10(8)9;;;/h5-7,12-13,21-22,24-30H,8-11,14-20H2,1-4H3;5-17,19-21,29-30H,18H2,1-4H3;5-9,13H,1-4H3;4-8,12H,1-3H3;8-10H,2-7H2,1H3;;;/q;;;;;3*+1. The van der Waals surface area contributed by atoms with Crippen LogP contribution >= 0.6 is 11.1 Å². The van der Waals surface area contributed by atoms with Crippen LogP contribution in [-0.4, -0.2) is 31.6 Å². The Bertz CT molecular complexity index is 3770. The van der Waals surface area contributed by atoms with Gasteiger partial charge in [0.15, 0.2) is 7.38 Å². The first-order valence-corrected chi connectivity index (χ1v) is 54.7. The van der Waals surface area contributed by atoms with Crippen molar-refractivity contribution in [1.82, 2.24) is 0 Å². The van der Waals surface area contributed by atoms with Crippen molar-refractivity contribution in [2.75, 3.05) is 0 Å². The van der Waals surface area contributed by atoms with Crippen LogP contribution in [0, 0.1) is 53.3 Å². The summed E-state index contributed by atoms with van der Waals surface area (Å²) in [5.74, 6) is 10.9. The molecule has 16 rings (SSSR count). The van der Waals surface area contributed by atoms with Crippen LogP contribution in [0.15, 0.2) is 182 Å². The summed E-state index contributed by atoms with van der Waals surface area (Å²) in [5.41, 5.74) is 25.3. The maximum atomic E-state index is 6.53. The Morgan fingerprint density at radius 3 is 1.27 bits per heavy atom. The monoisotopic (exact) mass is 1440 g/mol. The smallest absolute Gasteiger partial charge is 0.167 e. The first kappa shape index (κ1) is 84.3. The third-order valence-electron chi connectivity index (χ3n) is 28.5. The number of rotatable bonds is 12. The van der Waals surface area contributed by atoms with Crippen LogP contribution in [0.3, 0.4) is 0 Å². The fourth-order valence-electron chi connectivity index (χ4n) is 23.0. The van der Waals surface area contributed by atoms with Gasteiger partial charge in [-0.3, -0.25) is 0 Å². The second-order valence-corrected chi connectivity index (χ2v) is 59.1. The van der Waals surface area contributed by atoms with E-state index in [2.05, 4.69) is 289 Å². The molecule has 10 aliphatic carbocycles. The molecule has 0 N–H and O–H groups in total.